The number of rotatable bonds is 4. The molecule has 1 aromatic rings. The minimum atomic E-state index is -0.215. The minimum absolute atomic E-state index is 0.163. The van der Waals surface area contributed by atoms with Gasteiger partial charge < -0.3 is 10.5 Å². The van der Waals surface area contributed by atoms with E-state index in [0.29, 0.717) is 11.6 Å². The van der Waals surface area contributed by atoms with Crippen LogP contribution in [0, 0.1) is 12.8 Å². The van der Waals surface area contributed by atoms with Crippen molar-refractivity contribution in [2.24, 2.45) is 5.92 Å². The Balaban J connectivity index is 2.25. The third kappa shape index (κ3) is 3.28. The normalized spacial score (nSPS) is 17.4. The second-order valence-electron chi connectivity index (χ2n) is 5.59. The number of nitrogen functional groups attached to an aromatic ring is 1. The van der Waals surface area contributed by atoms with Gasteiger partial charge in [-0.25, -0.2) is 0 Å². The van der Waals surface area contributed by atoms with Crippen LogP contribution in [0.3, 0.4) is 0 Å². The topological polar surface area (TPSA) is 52.3 Å². The third-order valence-electron chi connectivity index (χ3n) is 4.15. The summed E-state index contributed by atoms with van der Waals surface area (Å²) in [6.45, 7) is 2.02. The zero-order valence-corrected chi connectivity index (χ0v) is 11.8. The molecule has 0 radical (unpaired) electrons. The highest BCUT2D eigenvalue weighted by molar-refractivity contribution is 5.80. The smallest absolute Gasteiger partial charge is 0.313 e. The van der Waals surface area contributed by atoms with Gasteiger partial charge in [0.2, 0.25) is 0 Å². The van der Waals surface area contributed by atoms with E-state index in [1.165, 1.54) is 32.8 Å². The summed E-state index contributed by atoms with van der Waals surface area (Å²) in [7, 11) is 1.45. The van der Waals surface area contributed by atoms with Crippen LogP contribution in [0.1, 0.15) is 49.1 Å². The van der Waals surface area contributed by atoms with Crippen molar-refractivity contribution in [1.82, 2.24) is 0 Å². The Bertz CT molecular complexity index is 450. The lowest BCUT2D eigenvalue weighted by atomic mass is 9.86. The van der Waals surface area contributed by atoms with Gasteiger partial charge in [0, 0.05) is 5.69 Å². The van der Waals surface area contributed by atoms with Gasteiger partial charge in [-0.3, -0.25) is 4.79 Å². The van der Waals surface area contributed by atoms with Gasteiger partial charge >= 0.3 is 5.97 Å². The van der Waals surface area contributed by atoms with Crippen LogP contribution in [-0.2, 0) is 9.53 Å². The van der Waals surface area contributed by atoms with Gasteiger partial charge in [0.25, 0.3) is 0 Å². The number of hydrogen-bond acceptors (Lipinski definition) is 3. The Labute approximate surface area is 115 Å². The molecule has 1 atom stereocenters. The number of nitrogens with two attached hydrogens (primary N) is 1. The van der Waals surface area contributed by atoms with Gasteiger partial charge in [-0.15, -0.1) is 0 Å². The summed E-state index contributed by atoms with van der Waals surface area (Å²) in [5.74, 6) is 0.251. The van der Waals surface area contributed by atoms with E-state index in [0.717, 1.165) is 17.5 Å². The highest BCUT2D eigenvalue weighted by Crippen LogP contribution is 2.36. The van der Waals surface area contributed by atoms with Crippen LogP contribution < -0.4 is 5.73 Å². The van der Waals surface area contributed by atoms with Crippen LogP contribution in [0.4, 0.5) is 5.69 Å². The van der Waals surface area contributed by atoms with Gasteiger partial charge in [0.15, 0.2) is 0 Å². The Hall–Kier alpha value is -1.51. The quantitative estimate of drug-likeness (QED) is 0.667. The fraction of sp³-hybridized carbons (Fsp3) is 0.562. The molecule has 2 rings (SSSR count). The first kappa shape index (κ1) is 13.9. The van der Waals surface area contributed by atoms with Crippen LogP contribution in [0.5, 0.6) is 0 Å². The maximum atomic E-state index is 12.1. The number of methoxy groups -OCH3 is 1. The van der Waals surface area contributed by atoms with Crippen molar-refractivity contribution < 1.29 is 9.53 Å². The first-order valence-electron chi connectivity index (χ1n) is 7.05. The highest BCUT2D eigenvalue weighted by Gasteiger charge is 2.28. The van der Waals surface area contributed by atoms with E-state index < -0.39 is 0 Å². The number of ether oxygens (including phenoxy) is 1. The van der Waals surface area contributed by atoms with Gasteiger partial charge in [-0.05, 0) is 30.9 Å². The fourth-order valence-corrected chi connectivity index (χ4v) is 3.07. The van der Waals surface area contributed by atoms with E-state index in [4.69, 9.17) is 10.5 Å². The van der Waals surface area contributed by atoms with Gasteiger partial charge in [-0.1, -0.05) is 43.4 Å². The zero-order valence-electron chi connectivity index (χ0n) is 11.8. The van der Waals surface area contributed by atoms with Gasteiger partial charge in [0.1, 0.15) is 0 Å². The van der Waals surface area contributed by atoms with Crippen LogP contribution in [0.2, 0.25) is 0 Å². The molecule has 1 aliphatic carbocycles. The molecule has 0 aliphatic heterocycles. The van der Waals surface area contributed by atoms with E-state index in [9.17, 15) is 4.79 Å². The molecule has 0 amide bonds. The average molecular weight is 261 g/mol. The molecule has 3 nitrogen and oxygen atoms in total. The van der Waals surface area contributed by atoms with Gasteiger partial charge in [-0.2, -0.15) is 0 Å². The summed E-state index contributed by atoms with van der Waals surface area (Å²) in [5, 5.41) is 0. The van der Waals surface area contributed by atoms with E-state index in [1.807, 2.05) is 25.1 Å². The van der Waals surface area contributed by atoms with E-state index in [-0.39, 0.29) is 11.9 Å². The van der Waals surface area contributed by atoms with Crippen LogP contribution >= 0.6 is 0 Å². The van der Waals surface area contributed by atoms with E-state index in [1.54, 1.807) is 0 Å². The molecule has 104 valence electrons. The molecule has 0 bridgehead atoms. The molecule has 1 saturated carbocycles. The highest BCUT2D eigenvalue weighted by atomic mass is 16.5. The lowest BCUT2D eigenvalue weighted by Gasteiger charge is -2.20. The SMILES string of the molecule is COC(=O)C(CC1CCCC1)c1cc(C)ccc1N. The number of esters is 1. The Kier molecular flexibility index (Phi) is 4.46. The molecule has 1 unspecified atom stereocenters. The molecule has 1 fully saturated rings. The van der Waals surface area contributed by atoms with Crippen molar-refractivity contribution in [1.29, 1.82) is 0 Å². The molecule has 0 saturated heterocycles. The van der Waals surface area contributed by atoms with E-state index in [2.05, 4.69) is 0 Å². The average Bonchev–Trinajstić information content (AvgIpc) is 2.91. The number of benzene rings is 1. The largest absolute Gasteiger partial charge is 0.469 e. The summed E-state index contributed by atoms with van der Waals surface area (Å²) in [6.07, 6.45) is 5.86. The Morgan fingerprint density at radius 3 is 2.74 bits per heavy atom. The van der Waals surface area contributed by atoms with Crippen LogP contribution in [0.25, 0.3) is 0 Å². The monoisotopic (exact) mass is 261 g/mol. The van der Waals surface area contributed by atoms with Crippen molar-refractivity contribution in [3.05, 3.63) is 29.3 Å². The maximum Gasteiger partial charge on any atom is 0.313 e. The lowest BCUT2D eigenvalue weighted by molar-refractivity contribution is -0.142. The summed E-state index contributed by atoms with van der Waals surface area (Å²) in [5.41, 5.74) is 8.80. The van der Waals surface area contributed by atoms with Crippen molar-refractivity contribution in [2.45, 2.75) is 44.9 Å². The first-order valence-corrected chi connectivity index (χ1v) is 7.05. The van der Waals surface area contributed by atoms with E-state index >= 15 is 0 Å². The fourth-order valence-electron chi connectivity index (χ4n) is 3.07. The molecule has 0 aromatic heterocycles. The van der Waals surface area contributed by atoms with Crippen LogP contribution in [-0.4, -0.2) is 13.1 Å². The molecule has 19 heavy (non-hydrogen) atoms. The summed E-state index contributed by atoms with van der Waals surface area (Å²) in [6, 6.07) is 5.88. The second-order valence-corrected chi connectivity index (χ2v) is 5.59. The number of carbonyl (C=O) groups is 1. The zero-order chi connectivity index (χ0) is 13.8. The predicted molar refractivity (Wildman–Crippen MR) is 76.9 cm³/mol. The molecule has 2 N–H and O–H groups in total. The molecule has 1 aliphatic rings. The molecule has 0 heterocycles. The number of hydrogen-bond donors (Lipinski definition) is 1. The predicted octanol–water partition coefficient (Wildman–Crippen LogP) is 3.41. The summed E-state index contributed by atoms with van der Waals surface area (Å²) in [4.78, 5) is 12.1. The summed E-state index contributed by atoms with van der Waals surface area (Å²) < 4.78 is 4.98. The van der Waals surface area contributed by atoms with Crippen LogP contribution in [0.15, 0.2) is 18.2 Å². The molecule has 3 heteroatoms. The Morgan fingerprint density at radius 1 is 1.42 bits per heavy atom. The number of aryl methyl sites for hydroxylation is 1. The first-order chi connectivity index (χ1) is 9.11. The molecule has 1 aromatic carbocycles. The number of anilines is 1. The van der Waals surface area contributed by atoms with Gasteiger partial charge in [0.05, 0.1) is 13.0 Å². The maximum absolute atomic E-state index is 12.1. The third-order valence-corrected chi connectivity index (χ3v) is 4.15. The minimum Gasteiger partial charge on any atom is -0.469 e. The van der Waals surface area contributed by atoms with Crippen molar-refractivity contribution in [2.75, 3.05) is 12.8 Å². The molecule has 0 spiro atoms. The van der Waals surface area contributed by atoms with Crippen molar-refractivity contribution in [3.8, 4) is 0 Å². The number of carbonyl (C=O) groups excluding carboxylic acids is 1. The Morgan fingerprint density at radius 2 is 2.11 bits per heavy atom. The lowest BCUT2D eigenvalue weighted by Crippen LogP contribution is -2.18. The van der Waals surface area contributed by atoms with Crippen molar-refractivity contribution in [3.63, 3.8) is 0 Å². The summed E-state index contributed by atoms with van der Waals surface area (Å²) >= 11 is 0. The standard InChI is InChI=1S/C16H23NO2/c1-11-7-8-15(17)13(9-11)14(16(18)19-2)10-12-5-3-4-6-12/h7-9,12,14H,3-6,10,17H2,1-2H3. The molecular formula is C16H23NO2. The second kappa shape index (κ2) is 6.09. The van der Waals surface area contributed by atoms with Crippen molar-refractivity contribution >= 4 is 11.7 Å². The molecular weight excluding hydrogens is 238 g/mol.